The monoisotopic (exact) mass is 317 g/mol. The summed E-state index contributed by atoms with van der Waals surface area (Å²) < 4.78 is 5.53. The molecule has 0 aromatic rings. The standard InChI is InChI=1S/C14H24BrNO2/c1-2-18-13-7-12(8-13)9-14(17)16-5-3-11(10-15)4-6-16/h11-13H,2-10H2,1H3. The maximum Gasteiger partial charge on any atom is 0.222 e. The van der Waals surface area contributed by atoms with Gasteiger partial charge < -0.3 is 9.64 Å². The first-order valence-electron chi connectivity index (χ1n) is 7.18. The number of alkyl halides is 1. The molecule has 0 aromatic carbocycles. The minimum atomic E-state index is 0.364. The molecule has 104 valence electrons. The zero-order chi connectivity index (χ0) is 13.0. The Bertz CT molecular complexity index is 271. The fraction of sp³-hybridized carbons (Fsp3) is 0.929. The Morgan fingerprint density at radius 2 is 1.94 bits per heavy atom. The van der Waals surface area contributed by atoms with E-state index in [0.29, 0.717) is 17.9 Å². The molecule has 0 N–H and O–H groups in total. The second-order valence-electron chi connectivity index (χ2n) is 5.60. The van der Waals surface area contributed by atoms with Crippen molar-refractivity contribution in [3.05, 3.63) is 0 Å². The van der Waals surface area contributed by atoms with Crippen molar-refractivity contribution in [2.45, 2.75) is 45.1 Å². The molecule has 2 rings (SSSR count). The van der Waals surface area contributed by atoms with Crippen LogP contribution in [0.3, 0.4) is 0 Å². The van der Waals surface area contributed by atoms with Gasteiger partial charge in [0.15, 0.2) is 0 Å². The maximum atomic E-state index is 12.1. The molecule has 0 bridgehead atoms. The van der Waals surface area contributed by atoms with Gasteiger partial charge in [0.25, 0.3) is 0 Å². The van der Waals surface area contributed by atoms with Crippen LogP contribution in [0.2, 0.25) is 0 Å². The first kappa shape index (κ1) is 14.3. The third kappa shape index (κ3) is 3.70. The van der Waals surface area contributed by atoms with E-state index in [9.17, 15) is 4.79 Å². The highest BCUT2D eigenvalue weighted by Gasteiger charge is 2.33. The van der Waals surface area contributed by atoms with Crippen molar-refractivity contribution in [2.24, 2.45) is 11.8 Å². The van der Waals surface area contributed by atoms with E-state index in [2.05, 4.69) is 20.8 Å². The first-order chi connectivity index (χ1) is 8.72. The fourth-order valence-electron chi connectivity index (χ4n) is 2.93. The molecule has 1 aliphatic carbocycles. The third-order valence-corrected chi connectivity index (χ3v) is 5.16. The molecule has 1 amide bonds. The summed E-state index contributed by atoms with van der Waals surface area (Å²) in [5, 5.41) is 1.08. The van der Waals surface area contributed by atoms with Gasteiger partial charge in [0, 0.05) is 31.4 Å². The SMILES string of the molecule is CCOC1CC(CC(=O)N2CCC(CBr)CC2)C1. The second kappa shape index (κ2) is 6.90. The van der Waals surface area contributed by atoms with Gasteiger partial charge in [-0.05, 0) is 44.4 Å². The van der Waals surface area contributed by atoms with Gasteiger partial charge in [-0.2, -0.15) is 0 Å². The predicted molar refractivity (Wildman–Crippen MR) is 75.9 cm³/mol. The molecule has 1 saturated heterocycles. The minimum Gasteiger partial charge on any atom is -0.378 e. The van der Waals surface area contributed by atoms with Gasteiger partial charge in [-0.3, -0.25) is 4.79 Å². The van der Waals surface area contributed by atoms with Gasteiger partial charge in [-0.15, -0.1) is 0 Å². The molecular formula is C14H24BrNO2. The number of ether oxygens (including phenoxy) is 1. The molecular weight excluding hydrogens is 294 g/mol. The van der Waals surface area contributed by atoms with Crippen molar-refractivity contribution < 1.29 is 9.53 Å². The Labute approximate surface area is 118 Å². The highest BCUT2D eigenvalue weighted by molar-refractivity contribution is 9.09. The number of piperidine rings is 1. The van der Waals surface area contributed by atoms with Crippen LogP contribution in [0.4, 0.5) is 0 Å². The van der Waals surface area contributed by atoms with Crippen molar-refractivity contribution in [1.82, 2.24) is 4.90 Å². The average Bonchev–Trinajstić information content (AvgIpc) is 2.36. The summed E-state index contributed by atoms with van der Waals surface area (Å²) in [5.74, 6) is 1.70. The Morgan fingerprint density at radius 3 is 2.50 bits per heavy atom. The smallest absolute Gasteiger partial charge is 0.222 e. The second-order valence-corrected chi connectivity index (χ2v) is 6.24. The summed E-state index contributed by atoms with van der Waals surface area (Å²) in [5.41, 5.74) is 0. The molecule has 0 aromatic heterocycles. The van der Waals surface area contributed by atoms with Gasteiger partial charge in [0.1, 0.15) is 0 Å². The number of likely N-dealkylation sites (tertiary alicyclic amines) is 1. The molecule has 0 unspecified atom stereocenters. The molecule has 3 nitrogen and oxygen atoms in total. The van der Waals surface area contributed by atoms with Gasteiger partial charge in [0.2, 0.25) is 5.91 Å². The lowest BCUT2D eigenvalue weighted by atomic mass is 9.79. The number of amides is 1. The lowest BCUT2D eigenvalue weighted by molar-refractivity contribution is -0.135. The quantitative estimate of drug-likeness (QED) is 0.730. The molecule has 2 fully saturated rings. The van der Waals surface area contributed by atoms with E-state index in [0.717, 1.165) is 63.0 Å². The lowest BCUT2D eigenvalue weighted by Gasteiger charge is -2.37. The summed E-state index contributed by atoms with van der Waals surface area (Å²) in [7, 11) is 0. The Kier molecular flexibility index (Phi) is 5.49. The number of halogens is 1. The topological polar surface area (TPSA) is 29.5 Å². The van der Waals surface area contributed by atoms with Crippen LogP contribution in [0.5, 0.6) is 0 Å². The summed E-state index contributed by atoms with van der Waals surface area (Å²) in [4.78, 5) is 14.2. The van der Waals surface area contributed by atoms with Gasteiger partial charge in [-0.1, -0.05) is 15.9 Å². The van der Waals surface area contributed by atoms with Crippen molar-refractivity contribution in [3.63, 3.8) is 0 Å². The van der Waals surface area contributed by atoms with Crippen molar-refractivity contribution >= 4 is 21.8 Å². The van der Waals surface area contributed by atoms with Crippen LogP contribution in [0.25, 0.3) is 0 Å². The van der Waals surface area contributed by atoms with Crippen LogP contribution in [0.1, 0.15) is 39.0 Å². The van der Waals surface area contributed by atoms with Crippen LogP contribution < -0.4 is 0 Å². The van der Waals surface area contributed by atoms with E-state index < -0.39 is 0 Å². The summed E-state index contributed by atoms with van der Waals surface area (Å²) in [6.07, 6.45) is 5.64. The number of hydrogen-bond donors (Lipinski definition) is 0. The predicted octanol–water partition coefficient (Wildman–Crippen LogP) is 2.83. The normalized spacial score (nSPS) is 29.1. The van der Waals surface area contributed by atoms with E-state index >= 15 is 0 Å². The van der Waals surface area contributed by atoms with Crippen molar-refractivity contribution in [3.8, 4) is 0 Å². The molecule has 4 heteroatoms. The highest BCUT2D eigenvalue weighted by Crippen LogP contribution is 2.33. The zero-order valence-electron chi connectivity index (χ0n) is 11.2. The first-order valence-corrected chi connectivity index (χ1v) is 8.30. The van der Waals surface area contributed by atoms with Crippen LogP contribution in [0, 0.1) is 11.8 Å². The Morgan fingerprint density at radius 1 is 1.28 bits per heavy atom. The number of carbonyl (C=O) groups excluding carboxylic acids is 1. The summed E-state index contributed by atoms with van der Waals surface area (Å²) in [6.45, 7) is 4.74. The van der Waals surface area contributed by atoms with E-state index in [4.69, 9.17) is 4.74 Å². The molecule has 18 heavy (non-hydrogen) atoms. The average molecular weight is 318 g/mol. The summed E-state index contributed by atoms with van der Waals surface area (Å²) in [6, 6.07) is 0. The zero-order valence-corrected chi connectivity index (χ0v) is 12.8. The van der Waals surface area contributed by atoms with Crippen LogP contribution >= 0.6 is 15.9 Å². The number of rotatable bonds is 5. The molecule has 0 spiro atoms. The minimum absolute atomic E-state index is 0.364. The number of nitrogens with zero attached hydrogens (tertiary/aromatic N) is 1. The summed E-state index contributed by atoms with van der Waals surface area (Å²) >= 11 is 3.53. The van der Waals surface area contributed by atoms with E-state index in [1.807, 2.05) is 6.92 Å². The maximum absolute atomic E-state index is 12.1. The van der Waals surface area contributed by atoms with Gasteiger partial charge in [0.05, 0.1) is 6.10 Å². The molecule has 1 aliphatic heterocycles. The third-order valence-electron chi connectivity index (χ3n) is 4.24. The largest absolute Gasteiger partial charge is 0.378 e. The van der Waals surface area contributed by atoms with Crippen molar-refractivity contribution in [2.75, 3.05) is 25.0 Å². The van der Waals surface area contributed by atoms with E-state index in [-0.39, 0.29) is 0 Å². The molecule has 1 heterocycles. The Balaban J connectivity index is 1.64. The number of carbonyl (C=O) groups is 1. The molecule has 1 saturated carbocycles. The van der Waals surface area contributed by atoms with Crippen LogP contribution in [0.15, 0.2) is 0 Å². The molecule has 0 radical (unpaired) electrons. The number of hydrogen-bond acceptors (Lipinski definition) is 2. The Hall–Kier alpha value is -0.0900. The van der Waals surface area contributed by atoms with Crippen molar-refractivity contribution in [1.29, 1.82) is 0 Å². The van der Waals surface area contributed by atoms with Gasteiger partial charge >= 0.3 is 0 Å². The van der Waals surface area contributed by atoms with E-state index in [1.165, 1.54) is 0 Å². The van der Waals surface area contributed by atoms with Gasteiger partial charge in [-0.25, -0.2) is 0 Å². The molecule has 2 aliphatic rings. The van der Waals surface area contributed by atoms with Crippen LogP contribution in [-0.2, 0) is 9.53 Å². The molecule has 0 atom stereocenters. The van der Waals surface area contributed by atoms with E-state index in [1.54, 1.807) is 0 Å². The highest BCUT2D eigenvalue weighted by atomic mass is 79.9. The van der Waals surface area contributed by atoms with Crippen LogP contribution in [-0.4, -0.2) is 41.9 Å². The fourth-order valence-corrected chi connectivity index (χ4v) is 3.57. The lowest BCUT2D eigenvalue weighted by Crippen LogP contribution is -2.41.